The Bertz CT molecular complexity index is 347. The average molecular weight is 236 g/mol. The second-order valence-electron chi connectivity index (χ2n) is 5.40. The van der Waals surface area contributed by atoms with Gasteiger partial charge in [-0.25, -0.2) is 4.68 Å². The standard InChI is InChI=1S/C13H24N4/c1-3-6-17-13(9-15-16-17)12-7-10(2)4-5-11(12)8-14/h9-12H,3-8,14H2,1-2H3. The summed E-state index contributed by atoms with van der Waals surface area (Å²) in [5, 5.41) is 8.28. The Morgan fingerprint density at radius 1 is 1.47 bits per heavy atom. The van der Waals surface area contributed by atoms with Crippen LogP contribution in [0.25, 0.3) is 0 Å². The van der Waals surface area contributed by atoms with Crippen molar-refractivity contribution >= 4 is 0 Å². The first-order valence-corrected chi connectivity index (χ1v) is 6.84. The third kappa shape index (κ3) is 2.68. The first kappa shape index (κ1) is 12.6. The van der Waals surface area contributed by atoms with Gasteiger partial charge in [0.05, 0.1) is 11.9 Å². The molecule has 96 valence electrons. The van der Waals surface area contributed by atoms with Gasteiger partial charge in [0.25, 0.3) is 0 Å². The second-order valence-corrected chi connectivity index (χ2v) is 5.40. The highest BCUT2D eigenvalue weighted by Gasteiger charge is 2.31. The highest BCUT2D eigenvalue weighted by atomic mass is 15.4. The van der Waals surface area contributed by atoms with E-state index in [2.05, 4.69) is 28.8 Å². The summed E-state index contributed by atoms with van der Waals surface area (Å²) in [6.45, 7) is 6.27. The summed E-state index contributed by atoms with van der Waals surface area (Å²) < 4.78 is 2.07. The largest absolute Gasteiger partial charge is 0.330 e. The molecule has 0 spiro atoms. The first-order valence-electron chi connectivity index (χ1n) is 6.84. The van der Waals surface area contributed by atoms with Crippen molar-refractivity contribution in [3.63, 3.8) is 0 Å². The highest BCUT2D eigenvalue weighted by molar-refractivity contribution is 5.08. The fourth-order valence-corrected chi connectivity index (χ4v) is 3.03. The van der Waals surface area contributed by atoms with Crippen LogP contribution in [0.4, 0.5) is 0 Å². The lowest BCUT2D eigenvalue weighted by Gasteiger charge is -2.34. The third-order valence-corrected chi connectivity index (χ3v) is 4.02. The number of nitrogens with two attached hydrogens (primary N) is 1. The molecular weight excluding hydrogens is 212 g/mol. The first-order chi connectivity index (χ1) is 8.26. The van der Waals surface area contributed by atoms with Gasteiger partial charge in [0.2, 0.25) is 0 Å². The Hall–Kier alpha value is -0.900. The summed E-state index contributed by atoms with van der Waals surface area (Å²) in [5.41, 5.74) is 7.22. The van der Waals surface area contributed by atoms with E-state index in [1.54, 1.807) is 0 Å². The number of hydrogen-bond acceptors (Lipinski definition) is 3. The lowest BCUT2D eigenvalue weighted by Crippen LogP contribution is -2.29. The van der Waals surface area contributed by atoms with Crippen molar-refractivity contribution in [3.05, 3.63) is 11.9 Å². The van der Waals surface area contributed by atoms with Crippen molar-refractivity contribution in [1.29, 1.82) is 0 Å². The molecule has 1 aromatic rings. The molecule has 0 radical (unpaired) electrons. The zero-order valence-corrected chi connectivity index (χ0v) is 11.0. The minimum atomic E-state index is 0.560. The third-order valence-electron chi connectivity index (χ3n) is 4.02. The molecule has 1 heterocycles. The van der Waals surface area contributed by atoms with E-state index in [4.69, 9.17) is 5.73 Å². The van der Waals surface area contributed by atoms with Crippen LogP contribution in [0.15, 0.2) is 6.20 Å². The summed E-state index contributed by atoms with van der Waals surface area (Å²) in [4.78, 5) is 0. The van der Waals surface area contributed by atoms with Crippen LogP contribution in [0.5, 0.6) is 0 Å². The topological polar surface area (TPSA) is 56.7 Å². The predicted molar refractivity (Wildman–Crippen MR) is 68.6 cm³/mol. The Kier molecular flexibility index (Phi) is 4.15. The van der Waals surface area contributed by atoms with Gasteiger partial charge in [0.15, 0.2) is 0 Å². The quantitative estimate of drug-likeness (QED) is 0.871. The van der Waals surface area contributed by atoms with Crippen molar-refractivity contribution < 1.29 is 0 Å². The molecule has 3 atom stereocenters. The smallest absolute Gasteiger partial charge is 0.0728 e. The maximum absolute atomic E-state index is 5.92. The van der Waals surface area contributed by atoms with E-state index in [0.717, 1.165) is 25.4 Å². The molecule has 1 saturated carbocycles. The van der Waals surface area contributed by atoms with Crippen LogP contribution in [0.3, 0.4) is 0 Å². The lowest BCUT2D eigenvalue weighted by molar-refractivity contribution is 0.243. The molecule has 0 aliphatic heterocycles. The van der Waals surface area contributed by atoms with Gasteiger partial charge < -0.3 is 5.73 Å². The molecule has 0 bridgehead atoms. The van der Waals surface area contributed by atoms with Gasteiger partial charge in [-0.2, -0.15) is 0 Å². The van der Waals surface area contributed by atoms with E-state index in [1.165, 1.54) is 25.0 Å². The Morgan fingerprint density at radius 3 is 3.00 bits per heavy atom. The monoisotopic (exact) mass is 236 g/mol. The molecule has 2 rings (SSSR count). The van der Waals surface area contributed by atoms with Crippen LogP contribution >= 0.6 is 0 Å². The van der Waals surface area contributed by atoms with Crippen LogP contribution in [-0.4, -0.2) is 21.5 Å². The fraction of sp³-hybridized carbons (Fsp3) is 0.846. The van der Waals surface area contributed by atoms with Gasteiger partial charge in [-0.15, -0.1) is 5.10 Å². The molecule has 1 aromatic heterocycles. The maximum Gasteiger partial charge on any atom is 0.0728 e. The predicted octanol–water partition coefficient (Wildman–Crippen LogP) is 2.17. The summed E-state index contributed by atoms with van der Waals surface area (Å²) in [5.74, 6) is 1.97. The number of aromatic nitrogens is 3. The molecule has 4 heteroatoms. The molecule has 0 saturated heterocycles. The van der Waals surface area contributed by atoms with Gasteiger partial charge in [-0.05, 0) is 37.6 Å². The minimum Gasteiger partial charge on any atom is -0.330 e. The summed E-state index contributed by atoms with van der Waals surface area (Å²) in [6, 6.07) is 0. The molecule has 1 aliphatic rings. The van der Waals surface area contributed by atoms with Gasteiger partial charge in [0, 0.05) is 12.5 Å². The van der Waals surface area contributed by atoms with Crippen LogP contribution < -0.4 is 5.73 Å². The normalized spacial score (nSPS) is 29.5. The molecule has 0 aromatic carbocycles. The SMILES string of the molecule is CCCn1nncc1C1CC(C)CCC1CN. The number of nitrogens with zero attached hydrogens (tertiary/aromatic N) is 3. The van der Waals surface area contributed by atoms with Crippen molar-refractivity contribution in [2.75, 3.05) is 6.54 Å². The van der Waals surface area contributed by atoms with E-state index in [0.29, 0.717) is 11.8 Å². The zero-order chi connectivity index (χ0) is 12.3. The summed E-state index contributed by atoms with van der Waals surface area (Å²) in [7, 11) is 0. The highest BCUT2D eigenvalue weighted by Crippen LogP contribution is 2.39. The number of aryl methyl sites for hydroxylation is 1. The number of rotatable bonds is 4. The van der Waals surface area contributed by atoms with Crippen molar-refractivity contribution in [2.45, 2.75) is 52.0 Å². The molecule has 0 amide bonds. The van der Waals surface area contributed by atoms with Gasteiger partial charge in [-0.1, -0.05) is 25.5 Å². The van der Waals surface area contributed by atoms with Crippen molar-refractivity contribution in [3.8, 4) is 0 Å². The zero-order valence-electron chi connectivity index (χ0n) is 11.0. The van der Waals surface area contributed by atoms with Crippen LogP contribution in [0.1, 0.15) is 51.1 Å². The fourth-order valence-electron chi connectivity index (χ4n) is 3.03. The van der Waals surface area contributed by atoms with Crippen molar-refractivity contribution in [1.82, 2.24) is 15.0 Å². The van der Waals surface area contributed by atoms with Crippen LogP contribution in [0, 0.1) is 11.8 Å². The van der Waals surface area contributed by atoms with E-state index >= 15 is 0 Å². The Morgan fingerprint density at radius 2 is 2.29 bits per heavy atom. The molecule has 3 unspecified atom stereocenters. The van der Waals surface area contributed by atoms with Gasteiger partial charge in [0.1, 0.15) is 0 Å². The molecule has 2 N–H and O–H groups in total. The molecule has 17 heavy (non-hydrogen) atoms. The van der Waals surface area contributed by atoms with E-state index in [1.807, 2.05) is 6.20 Å². The van der Waals surface area contributed by atoms with E-state index in [-0.39, 0.29) is 0 Å². The minimum absolute atomic E-state index is 0.560. The Balaban J connectivity index is 2.19. The van der Waals surface area contributed by atoms with Gasteiger partial charge in [-0.3, -0.25) is 0 Å². The number of hydrogen-bond donors (Lipinski definition) is 1. The maximum atomic E-state index is 5.92. The van der Waals surface area contributed by atoms with Crippen LogP contribution in [0.2, 0.25) is 0 Å². The Labute approximate surface area is 104 Å². The van der Waals surface area contributed by atoms with Crippen molar-refractivity contribution in [2.24, 2.45) is 17.6 Å². The summed E-state index contributed by atoms with van der Waals surface area (Å²) >= 11 is 0. The molecule has 4 nitrogen and oxygen atoms in total. The molecule has 1 aliphatic carbocycles. The van der Waals surface area contributed by atoms with Crippen LogP contribution in [-0.2, 0) is 6.54 Å². The lowest BCUT2D eigenvalue weighted by atomic mass is 9.73. The van der Waals surface area contributed by atoms with E-state index < -0.39 is 0 Å². The second kappa shape index (κ2) is 5.63. The summed E-state index contributed by atoms with van der Waals surface area (Å²) in [6.07, 6.45) is 6.85. The van der Waals surface area contributed by atoms with Gasteiger partial charge >= 0.3 is 0 Å². The average Bonchev–Trinajstić information content (AvgIpc) is 2.77. The molecular formula is C13H24N4. The molecule has 1 fully saturated rings. The van der Waals surface area contributed by atoms with E-state index in [9.17, 15) is 0 Å².